The van der Waals surface area contributed by atoms with Gasteiger partial charge in [0.2, 0.25) is 0 Å². The van der Waals surface area contributed by atoms with Crippen LogP contribution in [0.2, 0.25) is 0 Å². The number of halogens is 2. The smallest absolute Gasteiger partial charge is 0.196 e. The highest BCUT2D eigenvalue weighted by molar-refractivity contribution is 8.59. The molecular formula is C14H10F2S3. The molecule has 2 aromatic rings. The van der Waals surface area contributed by atoms with Gasteiger partial charge in [0, 0.05) is 22.3 Å². The molecule has 0 N–H and O–H groups in total. The molecule has 5 heteroatoms. The normalized spacial score (nSPS) is 14.8. The van der Waals surface area contributed by atoms with Gasteiger partial charge < -0.3 is 0 Å². The number of hydrogen-bond acceptors (Lipinski definition) is 3. The minimum absolute atomic E-state index is 0.00343. The van der Waals surface area contributed by atoms with Crippen LogP contribution in [0.5, 0.6) is 0 Å². The third kappa shape index (κ3) is 2.30. The van der Waals surface area contributed by atoms with E-state index in [-0.39, 0.29) is 11.1 Å². The molecule has 0 atom stereocenters. The molecule has 2 aromatic carbocycles. The van der Waals surface area contributed by atoms with Crippen molar-refractivity contribution >= 4 is 40.4 Å². The zero-order valence-corrected chi connectivity index (χ0v) is 12.3. The van der Waals surface area contributed by atoms with Crippen LogP contribution >= 0.6 is 35.5 Å². The predicted molar refractivity (Wildman–Crippen MR) is 84.7 cm³/mol. The molecule has 0 radical (unpaired) electrons. The van der Waals surface area contributed by atoms with E-state index in [2.05, 4.69) is 23.3 Å². The second-order valence-electron chi connectivity index (χ2n) is 3.99. The molecule has 1 aliphatic carbocycles. The zero-order chi connectivity index (χ0) is 14.0. The second-order valence-corrected chi connectivity index (χ2v) is 4.40. The highest BCUT2D eigenvalue weighted by atomic mass is 33.1. The van der Waals surface area contributed by atoms with E-state index in [9.17, 15) is 8.78 Å². The summed E-state index contributed by atoms with van der Waals surface area (Å²) in [6.45, 7) is 0. The lowest BCUT2D eigenvalue weighted by Gasteiger charge is -2.28. The van der Waals surface area contributed by atoms with E-state index >= 15 is 0 Å². The maximum absolute atomic E-state index is 14.3. The fourth-order valence-electron chi connectivity index (χ4n) is 2.20. The number of thiocarbonyl (C=S) groups is 1. The first-order valence-electron chi connectivity index (χ1n) is 5.44. The SMILES string of the molecule is FC1(F)c2ccccc2C(=S)c2ccccc21.SS. The van der Waals surface area contributed by atoms with Gasteiger partial charge in [-0.15, -0.1) is 23.3 Å². The third-order valence-corrected chi connectivity index (χ3v) is 3.46. The van der Waals surface area contributed by atoms with Gasteiger partial charge in [0.25, 0.3) is 5.92 Å². The van der Waals surface area contributed by atoms with Crippen molar-refractivity contribution in [2.24, 2.45) is 0 Å². The quantitative estimate of drug-likeness (QED) is 0.405. The average Bonchev–Trinajstić information content (AvgIpc) is 2.47. The van der Waals surface area contributed by atoms with Crippen molar-refractivity contribution in [2.75, 3.05) is 0 Å². The van der Waals surface area contributed by atoms with Crippen LogP contribution in [0.3, 0.4) is 0 Å². The Bertz CT molecular complexity index is 572. The van der Waals surface area contributed by atoms with Crippen LogP contribution in [-0.4, -0.2) is 4.86 Å². The van der Waals surface area contributed by atoms with Crippen LogP contribution in [0.25, 0.3) is 0 Å². The first-order valence-corrected chi connectivity index (χ1v) is 7.45. The molecule has 19 heavy (non-hydrogen) atoms. The summed E-state index contributed by atoms with van der Waals surface area (Å²) in [5, 5.41) is 0. The standard InChI is InChI=1S/C14H8F2S.H2S2/c15-14(16)11-7-3-1-5-9(11)13(17)10-6-2-4-8-12(10)14;1-2/h1-8H;1-2H. The highest BCUT2D eigenvalue weighted by Crippen LogP contribution is 2.43. The predicted octanol–water partition coefficient (Wildman–Crippen LogP) is 4.67. The molecular weight excluding hydrogens is 302 g/mol. The molecule has 0 spiro atoms. The van der Waals surface area contributed by atoms with Gasteiger partial charge in [0.15, 0.2) is 0 Å². The number of alkyl halides is 2. The molecule has 0 heterocycles. The maximum atomic E-state index is 14.3. The van der Waals surface area contributed by atoms with Gasteiger partial charge in [-0.05, 0) is 0 Å². The van der Waals surface area contributed by atoms with E-state index in [1.54, 1.807) is 36.4 Å². The molecule has 0 fully saturated rings. The number of hydrogen-bond donors (Lipinski definition) is 2. The van der Waals surface area contributed by atoms with E-state index in [1.165, 1.54) is 12.1 Å². The summed E-state index contributed by atoms with van der Waals surface area (Å²) in [4.78, 5) is 0.502. The summed E-state index contributed by atoms with van der Waals surface area (Å²) < 4.78 is 28.6. The summed E-state index contributed by atoms with van der Waals surface area (Å²) >= 11 is 11.7. The first kappa shape index (κ1) is 14.5. The van der Waals surface area contributed by atoms with Gasteiger partial charge in [-0.1, -0.05) is 60.7 Å². The molecule has 0 saturated carbocycles. The minimum atomic E-state index is -2.96. The Labute approximate surface area is 126 Å². The largest absolute Gasteiger partial charge is 0.299 e. The van der Waals surface area contributed by atoms with Crippen LogP contribution in [-0.2, 0) is 5.92 Å². The van der Waals surface area contributed by atoms with Crippen LogP contribution < -0.4 is 0 Å². The van der Waals surface area contributed by atoms with Crippen molar-refractivity contribution < 1.29 is 8.78 Å². The number of thiol groups is 2. The van der Waals surface area contributed by atoms with E-state index < -0.39 is 5.92 Å². The number of rotatable bonds is 0. The Morgan fingerprint density at radius 2 is 1.16 bits per heavy atom. The molecule has 0 aliphatic heterocycles. The van der Waals surface area contributed by atoms with Crippen molar-refractivity contribution in [3.05, 3.63) is 70.8 Å². The van der Waals surface area contributed by atoms with Crippen molar-refractivity contribution in [2.45, 2.75) is 5.92 Å². The lowest BCUT2D eigenvalue weighted by atomic mass is 9.83. The lowest BCUT2D eigenvalue weighted by Crippen LogP contribution is -2.27. The van der Waals surface area contributed by atoms with Crippen LogP contribution in [0.1, 0.15) is 22.3 Å². The fourth-order valence-corrected chi connectivity index (χ4v) is 2.56. The third-order valence-electron chi connectivity index (χ3n) is 3.02. The van der Waals surface area contributed by atoms with E-state index in [1.807, 2.05) is 0 Å². The maximum Gasteiger partial charge on any atom is 0.299 e. The van der Waals surface area contributed by atoms with Crippen molar-refractivity contribution in [3.8, 4) is 0 Å². The van der Waals surface area contributed by atoms with Crippen molar-refractivity contribution in [1.29, 1.82) is 0 Å². The second kappa shape index (κ2) is 5.61. The number of benzene rings is 2. The van der Waals surface area contributed by atoms with E-state index in [0.717, 1.165) is 0 Å². The molecule has 0 nitrogen and oxygen atoms in total. The highest BCUT2D eigenvalue weighted by Gasteiger charge is 2.42. The lowest BCUT2D eigenvalue weighted by molar-refractivity contribution is 0.0415. The topological polar surface area (TPSA) is 0 Å². The first-order chi connectivity index (χ1) is 9.12. The minimum Gasteiger partial charge on any atom is -0.196 e. The van der Waals surface area contributed by atoms with Gasteiger partial charge in [0.1, 0.15) is 0 Å². The summed E-state index contributed by atoms with van der Waals surface area (Å²) in [6.07, 6.45) is 0. The average molecular weight is 312 g/mol. The van der Waals surface area contributed by atoms with E-state index in [0.29, 0.717) is 16.0 Å². The van der Waals surface area contributed by atoms with Crippen LogP contribution in [0.15, 0.2) is 48.5 Å². The molecule has 1 aliphatic rings. The molecule has 0 amide bonds. The fraction of sp³-hybridized carbons (Fsp3) is 0.0714. The molecule has 0 bridgehead atoms. The van der Waals surface area contributed by atoms with Gasteiger partial charge in [-0.25, -0.2) is 0 Å². The van der Waals surface area contributed by atoms with Gasteiger partial charge in [-0.3, -0.25) is 0 Å². The van der Waals surface area contributed by atoms with Gasteiger partial charge in [-0.2, -0.15) is 8.78 Å². The molecule has 0 unspecified atom stereocenters. The molecule has 0 saturated heterocycles. The Balaban J connectivity index is 0.000000637. The molecule has 98 valence electrons. The van der Waals surface area contributed by atoms with Crippen LogP contribution in [0, 0.1) is 0 Å². The Kier molecular flexibility index (Phi) is 4.28. The monoisotopic (exact) mass is 312 g/mol. The summed E-state index contributed by atoms with van der Waals surface area (Å²) in [5.74, 6) is -2.96. The zero-order valence-electron chi connectivity index (χ0n) is 9.68. The Morgan fingerprint density at radius 1 is 0.789 bits per heavy atom. The summed E-state index contributed by atoms with van der Waals surface area (Å²) in [7, 11) is 0. The summed E-state index contributed by atoms with van der Waals surface area (Å²) in [6, 6.07) is 12.9. The van der Waals surface area contributed by atoms with Gasteiger partial charge in [0.05, 0.1) is 4.86 Å². The summed E-state index contributed by atoms with van der Waals surface area (Å²) in [5.41, 5.74) is 0.935. The Morgan fingerprint density at radius 3 is 1.58 bits per heavy atom. The molecule has 3 rings (SSSR count). The van der Waals surface area contributed by atoms with Crippen molar-refractivity contribution in [1.82, 2.24) is 0 Å². The Hall–Kier alpha value is -0.910. The van der Waals surface area contributed by atoms with Crippen molar-refractivity contribution in [3.63, 3.8) is 0 Å². The molecule has 0 aromatic heterocycles. The number of fused-ring (bicyclic) bond motifs is 2. The van der Waals surface area contributed by atoms with E-state index in [4.69, 9.17) is 12.2 Å². The van der Waals surface area contributed by atoms with Gasteiger partial charge >= 0.3 is 0 Å². The van der Waals surface area contributed by atoms with Crippen LogP contribution in [0.4, 0.5) is 8.78 Å².